The lowest BCUT2D eigenvalue weighted by Gasteiger charge is -2.33. The van der Waals surface area contributed by atoms with Gasteiger partial charge in [-0.05, 0) is 38.3 Å². The smallest absolute Gasteiger partial charge is 0.215 e. The number of aromatic nitrogens is 2. The van der Waals surface area contributed by atoms with E-state index in [0.717, 1.165) is 58.2 Å². The summed E-state index contributed by atoms with van der Waals surface area (Å²) in [6, 6.07) is 2.08. The zero-order valence-corrected chi connectivity index (χ0v) is 13.8. The molecule has 0 radical (unpaired) electrons. The minimum absolute atomic E-state index is 0.171. The molecule has 6 nitrogen and oxygen atoms in total. The zero-order chi connectivity index (χ0) is 15.4. The number of nitrogens with one attached hydrogen (secondary N) is 1. The third kappa shape index (κ3) is 4.08. The van der Waals surface area contributed by atoms with Gasteiger partial charge < -0.3 is 4.90 Å². The molecule has 1 aliphatic carbocycles. The van der Waals surface area contributed by atoms with E-state index in [1.54, 1.807) is 6.20 Å². The first kappa shape index (κ1) is 16.0. The van der Waals surface area contributed by atoms with Gasteiger partial charge in [0.05, 0.1) is 11.8 Å². The van der Waals surface area contributed by atoms with E-state index in [1.807, 2.05) is 16.9 Å². The maximum Gasteiger partial charge on any atom is 0.215 e. The second-order valence-corrected chi connectivity index (χ2v) is 8.47. The van der Waals surface area contributed by atoms with Gasteiger partial charge in [0.2, 0.25) is 10.0 Å². The highest BCUT2D eigenvalue weighted by molar-refractivity contribution is 7.90. The Labute approximate surface area is 132 Å². The molecule has 1 aromatic rings. The van der Waals surface area contributed by atoms with Crippen LogP contribution in [0.4, 0.5) is 0 Å². The standard InChI is InChI=1S/C15H26N4O2S/c20-22(21,17-14-5-1-2-6-14)15-7-3-9-18(13-15)11-12-19-10-4-8-16-19/h4,8,10,14-15,17H,1-3,5-7,9,11-13H2/t15-/m1/s1. The molecule has 1 saturated carbocycles. The number of likely N-dealkylation sites (tertiary alicyclic amines) is 1. The van der Waals surface area contributed by atoms with Gasteiger partial charge in [0, 0.05) is 31.5 Å². The van der Waals surface area contributed by atoms with Gasteiger partial charge in [-0.2, -0.15) is 5.10 Å². The minimum atomic E-state index is -3.19. The lowest BCUT2D eigenvalue weighted by atomic mass is 10.1. The third-order valence-electron chi connectivity index (χ3n) is 4.79. The summed E-state index contributed by atoms with van der Waals surface area (Å²) in [5.41, 5.74) is 0. The van der Waals surface area contributed by atoms with Gasteiger partial charge in [-0.15, -0.1) is 0 Å². The van der Waals surface area contributed by atoms with Crippen LogP contribution in [0.15, 0.2) is 18.5 Å². The molecule has 0 spiro atoms. The van der Waals surface area contributed by atoms with E-state index in [4.69, 9.17) is 0 Å². The van der Waals surface area contributed by atoms with Crippen LogP contribution < -0.4 is 4.72 Å². The number of piperidine rings is 1. The van der Waals surface area contributed by atoms with Crippen LogP contribution in [0.2, 0.25) is 0 Å². The topological polar surface area (TPSA) is 67.2 Å². The average molecular weight is 326 g/mol. The quantitative estimate of drug-likeness (QED) is 0.853. The van der Waals surface area contributed by atoms with Crippen LogP contribution in [-0.2, 0) is 16.6 Å². The van der Waals surface area contributed by atoms with Crippen molar-refractivity contribution in [2.24, 2.45) is 0 Å². The molecular formula is C15H26N4O2S. The van der Waals surface area contributed by atoms with Crippen molar-refractivity contribution in [1.82, 2.24) is 19.4 Å². The van der Waals surface area contributed by atoms with Gasteiger partial charge in [-0.3, -0.25) is 4.68 Å². The van der Waals surface area contributed by atoms with E-state index < -0.39 is 10.0 Å². The van der Waals surface area contributed by atoms with Crippen LogP contribution in [-0.4, -0.2) is 54.0 Å². The summed E-state index contributed by atoms with van der Waals surface area (Å²) in [6.07, 6.45) is 9.73. The van der Waals surface area contributed by atoms with E-state index in [-0.39, 0.29) is 11.3 Å². The number of nitrogens with zero attached hydrogens (tertiary/aromatic N) is 3. The maximum atomic E-state index is 12.6. The van der Waals surface area contributed by atoms with Crippen LogP contribution in [0.1, 0.15) is 38.5 Å². The highest BCUT2D eigenvalue weighted by atomic mass is 32.2. The molecular weight excluding hydrogens is 300 g/mol. The molecule has 2 aliphatic rings. The summed E-state index contributed by atoms with van der Waals surface area (Å²) in [5, 5.41) is 3.93. The zero-order valence-electron chi connectivity index (χ0n) is 13.0. The molecule has 0 bridgehead atoms. The van der Waals surface area contributed by atoms with Crippen molar-refractivity contribution in [3.63, 3.8) is 0 Å². The van der Waals surface area contributed by atoms with E-state index in [2.05, 4.69) is 14.7 Å². The van der Waals surface area contributed by atoms with Gasteiger partial charge in [0.15, 0.2) is 0 Å². The van der Waals surface area contributed by atoms with Crippen molar-refractivity contribution in [3.05, 3.63) is 18.5 Å². The van der Waals surface area contributed by atoms with Gasteiger partial charge in [-0.1, -0.05) is 12.8 Å². The lowest BCUT2D eigenvalue weighted by molar-refractivity contribution is 0.218. The van der Waals surface area contributed by atoms with E-state index >= 15 is 0 Å². The molecule has 3 rings (SSSR count). The number of sulfonamides is 1. The highest BCUT2D eigenvalue weighted by Crippen LogP contribution is 2.22. The van der Waals surface area contributed by atoms with E-state index in [9.17, 15) is 8.42 Å². The molecule has 0 aromatic carbocycles. The molecule has 22 heavy (non-hydrogen) atoms. The monoisotopic (exact) mass is 326 g/mol. The Morgan fingerprint density at radius 1 is 1.14 bits per heavy atom. The molecule has 1 saturated heterocycles. The SMILES string of the molecule is O=S(=O)(NC1CCCC1)[C@@H]1CCCN(CCn2cccn2)C1. The Morgan fingerprint density at radius 3 is 2.68 bits per heavy atom. The molecule has 1 aliphatic heterocycles. The van der Waals surface area contributed by atoms with Crippen LogP contribution in [0.3, 0.4) is 0 Å². The number of hydrogen-bond acceptors (Lipinski definition) is 4. The predicted molar refractivity (Wildman–Crippen MR) is 86.0 cm³/mol. The molecule has 2 fully saturated rings. The Balaban J connectivity index is 1.52. The molecule has 124 valence electrons. The van der Waals surface area contributed by atoms with Crippen LogP contribution in [0.25, 0.3) is 0 Å². The molecule has 1 N–H and O–H groups in total. The summed E-state index contributed by atoms with van der Waals surface area (Å²) in [6.45, 7) is 3.30. The van der Waals surface area contributed by atoms with Gasteiger partial charge in [0.25, 0.3) is 0 Å². The second-order valence-electron chi connectivity index (χ2n) is 6.48. The second kappa shape index (κ2) is 7.10. The Hall–Kier alpha value is -0.920. The fraction of sp³-hybridized carbons (Fsp3) is 0.800. The maximum absolute atomic E-state index is 12.6. The lowest BCUT2D eigenvalue weighted by Crippen LogP contribution is -2.48. The normalized spacial score (nSPS) is 24.8. The Bertz CT molecular complexity index is 552. The van der Waals surface area contributed by atoms with Crippen molar-refractivity contribution in [2.75, 3.05) is 19.6 Å². The first-order valence-electron chi connectivity index (χ1n) is 8.34. The highest BCUT2D eigenvalue weighted by Gasteiger charge is 2.32. The summed E-state index contributed by atoms with van der Waals surface area (Å²) in [5.74, 6) is 0. The van der Waals surface area contributed by atoms with Crippen LogP contribution >= 0.6 is 0 Å². The van der Waals surface area contributed by atoms with Gasteiger partial charge >= 0.3 is 0 Å². The number of hydrogen-bond donors (Lipinski definition) is 1. The van der Waals surface area contributed by atoms with Crippen molar-refractivity contribution in [2.45, 2.75) is 56.4 Å². The van der Waals surface area contributed by atoms with Crippen molar-refractivity contribution >= 4 is 10.0 Å². The summed E-state index contributed by atoms with van der Waals surface area (Å²) >= 11 is 0. The Morgan fingerprint density at radius 2 is 1.95 bits per heavy atom. The molecule has 0 unspecified atom stereocenters. The molecule has 1 aromatic heterocycles. The number of rotatable bonds is 6. The minimum Gasteiger partial charge on any atom is -0.300 e. The van der Waals surface area contributed by atoms with Gasteiger partial charge in [-0.25, -0.2) is 13.1 Å². The van der Waals surface area contributed by atoms with Crippen LogP contribution in [0, 0.1) is 0 Å². The van der Waals surface area contributed by atoms with Crippen molar-refractivity contribution in [1.29, 1.82) is 0 Å². The largest absolute Gasteiger partial charge is 0.300 e. The molecule has 1 atom stereocenters. The first-order valence-corrected chi connectivity index (χ1v) is 9.89. The summed E-state index contributed by atoms with van der Waals surface area (Å²) in [7, 11) is -3.19. The van der Waals surface area contributed by atoms with Gasteiger partial charge in [0.1, 0.15) is 0 Å². The molecule has 0 amide bonds. The van der Waals surface area contributed by atoms with Crippen molar-refractivity contribution < 1.29 is 8.42 Å². The molecule has 7 heteroatoms. The average Bonchev–Trinajstić information content (AvgIpc) is 3.18. The van der Waals surface area contributed by atoms with Crippen molar-refractivity contribution in [3.8, 4) is 0 Å². The first-order chi connectivity index (χ1) is 10.6. The van der Waals surface area contributed by atoms with E-state index in [1.165, 1.54) is 0 Å². The summed E-state index contributed by atoms with van der Waals surface area (Å²) in [4.78, 5) is 2.25. The third-order valence-corrected chi connectivity index (χ3v) is 6.72. The predicted octanol–water partition coefficient (Wildman–Crippen LogP) is 1.21. The van der Waals surface area contributed by atoms with E-state index in [0.29, 0.717) is 6.54 Å². The molecule has 2 heterocycles. The fourth-order valence-electron chi connectivity index (χ4n) is 3.52. The summed E-state index contributed by atoms with van der Waals surface area (Å²) < 4.78 is 30.0. The van der Waals surface area contributed by atoms with Crippen LogP contribution in [0.5, 0.6) is 0 Å². The Kier molecular flexibility index (Phi) is 5.15. The fourth-order valence-corrected chi connectivity index (χ4v) is 5.30.